The van der Waals surface area contributed by atoms with E-state index in [0.717, 1.165) is 0 Å². The van der Waals surface area contributed by atoms with Gasteiger partial charge in [0, 0.05) is 25.3 Å². The molecule has 1 aliphatic heterocycles. The molecular formula is C16H21Cl2N3O3. The average Bonchev–Trinajstić information content (AvgIpc) is 2.48. The number of nitrogens with one attached hydrogen (secondary N) is 1. The minimum atomic E-state index is -0.515. The van der Waals surface area contributed by atoms with Crippen LogP contribution in [-0.4, -0.2) is 46.6 Å². The molecule has 1 aromatic rings. The van der Waals surface area contributed by atoms with Crippen molar-refractivity contribution in [3.63, 3.8) is 0 Å². The van der Waals surface area contributed by atoms with E-state index in [1.54, 1.807) is 4.90 Å². The van der Waals surface area contributed by atoms with Crippen molar-refractivity contribution < 1.29 is 14.3 Å². The number of rotatable bonds is 2. The Hall–Kier alpha value is -1.53. The Kier molecular flexibility index (Phi) is 5.93. The predicted octanol–water partition coefficient (Wildman–Crippen LogP) is 3.52. The summed E-state index contributed by atoms with van der Waals surface area (Å²) < 4.78 is 5.35. The second kappa shape index (κ2) is 7.57. The molecule has 0 aromatic carbocycles. The highest BCUT2D eigenvalue weighted by Gasteiger charge is 2.28. The van der Waals surface area contributed by atoms with E-state index in [2.05, 4.69) is 10.3 Å². The second-order valence-electron chi connectivity index (χ2n) is 6.71. The molecule has 0 atom stereocenters. The van der Waals surface area contributed by atoms with Crippen molar-refractivity contribution in [3.8, 4) is 0 Å². The van der Waals surface area contributed by atoms with E-state index in [4.69, 9.17) is 27.9 Å². The maximum Gasteiger partial charge on any atom is 0.410 e. The molecular weight excluding hydrogens is 353 g/mol. The van der Waals surface area contributed by atoms with Crippen LogP contribution in [0.15, 0.2) is 12.3 Å². The summed E-state index contributed by atoms with van der Waals surface area (Å²) in [6.07, 6.45) is 2.36. The Morgan fingerprint density at radius 1 is 1.29 bits per heavy atom. The Labute approximate surface area is 151 Å². The quantitative estimate of drug-likeness (QED) is 0.804. The number of hydrogen-bond donors (Lipinski definition) is 1. The van der Waals surface area contributed by atoms with Gasteiger partial charge in [-0.3, -0.25) is 4.79 Å². The molecule has 0 saturated carbocycles. The van der Waals surface area contributed by atoms with Gasteiger partial charge in [0.05, 0.1) is 10.6 Å². The molecule has 0 bridgehead atoms. The van der Waals surface area contributed by atoms with Crippen molar-refractivity contribution in [2.24, 2.45) is 0 Å². The first-order valence-electron chi connectivity index (χ1n) is 7.75. The molecule has 6 nitrogen and oxygen atoms in total. The molecule has 1 fully saturated rings. The molecule has 1 saturated heterocycles. The highest BCUT2D eigenvalue weighted by atomic mass is 35.5. The fraction of sp³-hybridized carbons (Fsp3) is 0.562. The van der Waals surface area contributed by atoms with Crippen LogP contribution in [0.2, 0.25) is 10.2 Å². The van der Waals surface area contributed by atoms with Crippen LogP contribution in [0.5, 0.6) is 0 Å². The van der Waals surface area contributed by atoms with Gasteiger partial charge in [0.1, 0.15) is 10.8 Å². The van der Waals surface area contributed by atoms with Crippen LogP contribution in [0, 0.1) is 0 Å². The normalized spacial score (nSPS) is 16.0. The van der Waals surface area contributed by atoms with Crippen LogP contribution in [0.3, 0.4) is 0 Å². The van der Waals surface area contributed by atoms with E-state index in [0.29, 0.717) is 31.0 Å². The number of pyridine rings is 1. The fourth-order valence-electron chi connectivity index (χ4n) is 2.38. The first kappa shape index (κ1) is 18.8. The van der Waals surface area contributed by atoms with Crippen molar-refractivity contribution in [1.82, 2.24) is 15.2 Å². The van der Waals surface area contributed by atoms with Crippen molar-refractivity contribution in [1.29, 1.82) is 0 Å². The van der Waals surface area contributed by atoms with Gasteiger partial charge in [-0.25, -0.2) is 9.78 Å². The van der Waals surface area contributed by atoms with Gasteiger partial charge in [-0.05, 0) is 39.7 Å². The maximum absolute atomic E-state index is 12.3. The lowest BCUT2D eigenvalue weighted by atomic mass is 10.0. The lowest BCUT2D eigenvalue weighted by Gasteiger charge is -2.33. The van der Waals surface area contributed by atoms with E-state index in [9.17, 15) is 9.59 Å². The van der Waals surface area contributed by atoms with Gasteiger partial charge in [-0.2, -0.15) is 0 Å². The lowest BCUT2D eigenvalue weighted by molar-refractivity contribution is 0.0199. The van der Waals surface area contributed by atoms with Gasteiger partial charge < -0.3 is 15.0 Å². The highest BCUT2D eigenvalue weighted by Crippen LogP contribution is 2.19. The van der Waals surface area contributed by atoms with Gasteiger partial charge in [0.25, 0.3) is 5.91 Å². The summed E-state index contributed by atoms with van der Waals surface area (Å²) in [4.78, 5) is 29.8. The largest absolute Gasteiger partial charge is 0.444 e. The number of carbonyl (C=O) groups is 2. The van der Waals surface area contributed by atoms with Crippen LogP contribution in [0.25, 0.3) is 0 Å². The number of amides is 2. The summed E-state index contributed by atoms with van der Waals surface area (Å²) in [6, 6.07) is 1.45. The molecule has 0 aliphatic carbocycles. The van der Waals surface area contributed by atoms with Gasteiger partial charge in [0.15, 0.2) is 0 Å². The van der Waals surface area contributed by atoms with Crippen LogP contribution in [0.4, 0.5) is 4.79 Å². The molecule has 2 rings (SSSR count). The van der Waals surface area contributed by atoms with Gasteiger partial charge in [-0.15, -0.1) is 0 Å². The molecule has 8 heteroatoms. The van der Waals surface area contributed by atoms with Crippen molar-refractivity contribution in [2.45, 2.75) is 45.3 Å². The van der Waals surface area contributed by atoms with Crippen molar-refractivity contribution >= 4 is 35.2 Å². The summed E-state index contributed by atoms with van der Waals surface area (Å²) in [6.45, 7) is 6.56. The number of likely N-dealkylation sites (tertiary alicyclic amines) is 1. The maximum atomic E-state index is 12.3. The molecule has 0 radical (unpaired) electrons. The SMILES string of the molecule is CC(C)(C)OC(=O)N1CCC(NC(=O)c2cc(Cl)cnc2Cl)CC1. The zero-order chi connectivity index (χ0) is 17.9. The first-order valence-corrected chi connectivity index (χ1v) is 8.51. The Morgan fingerprint density at radius 2 is 1.92 bits per heavy atom. The molecule has 0 unspecified atom stereocenters. The van der Waals surface area contributed by atoms with Gasteiger partial charge >= 0.3 is 6.09 Å². The Bertz CT molecular complexity index is 623. The number of aromatic nitrogens is 1. The summed E-state index contributed by atoms with van der Waals surface area (Å²) in [7, 11) is 0. The summed E-state index contributed by atoms with van der Waals surface area (Å²) in [5.74, 6) is -0.314. The number of nitrogens with zero attached hydrogens (tertiary/aromatic N) is 2. The zero-order valence-electron chi connectivity index (χ0n) is 13.9. The van der Waals surface area contributed by atoms with E-state index >= 15 is 0 Å². The molecule has 2 heterocycles. The Morgan fingerprint density at radius 3 is 2.50 bits per heavy atom. The molecule has 132 valence electrons. The molecule has 1 aliphatic rings. The van der Waals surface area contributed by atoms with Crippen molar-refractivity contribution in [2.75, 3.05) is 13.1 Å². The van der Waals surface area contributed by atoms with E-state index in [1.807, 2.05) is 20.8 Å². The van der Waals surface area contributed by atoms with E-state index < -0.39 is 5.60 Å². The number of hydrogen-bond acceptors (Lipinski definition) is 4. The molecule has 24 heavy (non-hydrogen) atoms. The average molecular weight is 374 g/mol. The topological polar surface area (TPSA) is 71.5 Å². The number of ether oxygens (including phenoxy) is 1. The van der Waals surface area contributed by atoms with Gasteiger partial charge in [0.2, 0.25) is 0 Å². The first-order chi connectivity index (χ1) is 11.2. The van der Waals surface area contributed by atoms with Crippen LogP contribution < -0.4 is 5.32 Å². The standard InChI is InChI=1S/C16H21Cl2N3O3/c1-16(2,3)24-15(23)21-6-4-11(5-7-21)20-14(22)12-8-10(17)9-19-13(12)18/h8-9,11H,4-7H2,1-3H3,(H,20,22). The third-order valence-corrected chi connectivity index (χ3v) is 4.04. The monoisotopic (exact) mass is 373 g/mol. The van der Waals surface area contributed by atoms with E-state index in [1.165, 1.54) is 12.3 Å². The highest BCUT2D eigenvalue weighted by molar-refractivity contribution is 6.34. The van der Waals surface area contributed by atoms with E-state index in [-0.39, 0.29) is 28.8 Å². The van der Waals surface area contributed by atoms with Crippen LogP contribution in [0.1, 0.15) is 44.0 Å². The van der Waals surface area contributed by atoms with Gasteiger partial charge in [-0.1, -0.05) is 23.2 Å². The zero-order valence-corrected chi connectivity index (χ0v) is 15.4. The van der Waals surface area contributed by atoms with Crippen LogP contribution >= 0.6 is 23.2 Å². The van der Waals surface area contributed by atoms with Crippen LogP contribution in [-0.2, 0) is 4.74 Å². The third kappa shape index (κ3) is 5.24. The fourth-order valence-corrected chi connectivity index (χ4v) is 2.72. The summed E-state index contributed by atoms with van der Waals surface area (Å²) >= 11 is 11.8. The minimum Gasteiger partial charge on any atom is -0.444 e. The second-order valence-corrected chi connectivity index (χ2v) is 7.50. The summed E-state index contributed by atoms with van der Waals surface area (Å²) in [5.41, 5.74) is -0.267. The molecule has 2 amide bonds. The summed E-state index contributed by atoms with van der Waals surface area (Å²) in [5, 5.41) is 3.38. The lowest BCUT2D eigenvalue weighted by Crippen LogP contribution is -2.47. The predicted molar refractivity (Wildman–Crippen MR) is 92.6 cm³/mol. The minimum absolute atomic E-state index is 0.0359. The molecule has 0 spiro atoms. The number of carbonyl (C=O) groups excluding carboxylic acids is 2. The molecule has 1 aromatic heterocycles. The number of piperidine rings is 1. The Balaban J connectivity index is 1.88. The molecule has 1 N–H and O–H groups in total. The number of halogens is 2. The third-order valence-electron chi connectivity index (χ3n) is 3.53. The smallest absolute Gasteiger partial charge is 0.410 e. The van der Waals surface area contributed by atoms with Crippen molar-refractivity contribution in [3.05, 3.63) is 28.0 Å².